The first-order valence-electron chi connectivity index (χ1n) is 24.2. The zero-order chi connectivity index (χ0) is 52.4. The van der Waals surface area contributed by atoms with Crippen LogP contribution in [0.5, 0.6) is 0 Å². The lowest BCUT2D eigenvalue weighted by atomic mass is 10.00. The molecule has 2 unspecified atom stereocenters. The number of amides is 8. The van der Waals surface area contributed by atoms with Crippen LogP contribution in [-0.2, 0) is 41.9 Å². The van der Waals surface area contributed by atoms with Gasteiger partial charge in [-0.05, 0) is 90.2 Å². The monoisotopic (exact) mass is 1020 g/mol. The number of urea groups is 2. The summed E-state index contributed by atoms with van der Waals surface area (Å²) in [5.41, 5.74) is 0.921. The minimum absolute atomic E-state index is 0.0399. The van der Waals surface area contributed by atoms with Gasteiger partial charge in [0.15, 0.2) is 9.84 Å². The highest BCUT2D eigenvalue weighted by Crippen LogP contribution is 2.16. The van der Waals surface area contributed by atoms with Crippen molar-refractivity contribution in [2.75, 3.05) is 49.2 Å². The summed E-state index contributed by atoms with van der Waals surface area (Å²) in [6, 6.07) is 14.9. The van der Waals surface area contributed by atoms with Gasteiger partial charge in [-0.25, -0.2) is 18.0 Å². The summed E-state index contributed by atoms with van der Waals surface area (Å²) in [5, 5.41) is 39.1. The Kier molecular flexibility index (Phi) is 23.4. The highest BCUT2D eigenvalue weighted by molar-refractivity contribution is 8.00. The van der Waals surface area contributed by atoms with E-state index in [4.69, 9.17) is 0 Å². The standard InChI is InChI=1S/C25H40N4O6S.C25H40N4O4S/c1-17(2)11-12-29(24(33)28-25(3,4)5)14-21(30)19(13-18-9-7-6-8-10-18)27-23(32)20-15-36(34,35)16-22(31)26-20;1-17(2)11-12-29(24(33)28-25(3,4)5)14-21(30)19(13-18-9-7-6-8-10-18)27-23(32)20-15-34-16-22(31)26-20/h6-10,17,19-21,30H,11-16H2,1-5H3,(H,26,31)(H,27,32)(H,28,33);6-10,17,19-21,30H,11-16H2,1-5H3,(H,26,31)(H,27,32)(H,28,33)/t2*19-,20?,21+/m00/s1. The molecule has 0 radical (unpaired) electrons. The number of nitrogens with one attached hydrogen (secondary N) is 6. The number of carbonyl (C=O) groups is 6. The van der Waals surface area contributed by atoms with Crippen molar-refractivity contribution < 1.29 is 47.4 Å². The molecule has 2 aromatic rings. The van der Waals surface area contributed by atoms with E-state index < -0.39 is 80.6 Å². The van der Waals surface area contributed by atoms with Gasteiger partial charge in [-0.1, -0.05) is 88.4 Å². The summed E-state index contributed by atoms with van der Waals surface area (Å²) in [6.07, 6.45) is 0.0367. The van der Waals surface area contributed by atoms with E-state index in [2.05, 4.69) is 45.7 Å². The predicted octanol–water partition coefficient (Wildman–Crippen LogP) is 3.01. The molecule has 20 heteroatoms. The Labute approximate surface area is 419 Å². The van der Waals surface area contributed by atoms with Crippen LogP contribution in [0.1, 0.15) is 93.2 Å². The van der Waals surface area contributed by atoms with Crippen molar-refractivity contribution in [2.45, 2.75) is 142 Å². The molecule has 2 aliphatic rings. The van der Waals surface area contributed by atoms with Crippen LogP contribution in [0.15, 0.2) is 60.7 Å². The van der Waals surface area contributed by atoms with E-state index in [1.807, 2.05) is 116 Å². The second-order valence-electron chi connectivity index (χ2n) is 21.2. The van der Waals surface area contributed by atoms with Crippen LogP contribution in [0, 0.1) is 11.8 Å². The summed E-state index contributed by atoms with van der Waals surface area (Å²) in [6.45, 7) is 20.6. The summed E-state index contributed by atoms with van der Waals surface area (Å²) in [7, 11) is -3.70. The van der Waals surface area contributed by atoms with Gasteiger partial charge in [0.1, 0.15) is 17.8 Å². The molecule has 8 N–H and O–H groups in total. The highest BCUT2D eigenvalue weighted by atomic mass is 32.2. The Morgan fingerprint density at radius 1 is 0.671 bits per heavy atom. The molecule has 2 fully saturated rings. The number of thioether (sulfide) groups is 1. The van der Waals surface area contributed by atoms with E-state index in [1.165, 1.54) is 16.7 Å². The Morgan fingerprint density at radius 3 is 1.44 bits per heavy atom. The maximum atomic E-state index is 13.0. The Bertz CT molecular complexity index is 2120. The molecule has 2 aliphatic heterocycles. The van der Waals surface area contributed by atoms with Crippen molar-refractivity contribution in [1.82, 2.24) is 41.7 Å². The first-order chi connectivity index (χ1) is 32.6. The third-order valence-electron chi connectivity index (χ3n) is 11.1. The van der Waals surface area contributed by atoms with E-state index in [9.17, 15) is 47.4 Å². The molecule has 0 bridgehead atoms. The molecule has 4 rings (SSSR count). The van der Waals surface area contributed by atoms with Crippen molar-refractivity contribution in [1.29, 1.82) is 0 Å². The number of rotatable bonds is 20. The Morgan fingerprint density at radius 2 is 1.07 bits per heavy atom. The maximum Gasteiger partial charge on any atom is 0.317 e. The van der Waals surface area contributed by atoms with Gasteiger partial charge in [-0.15, -0.1) is 11.8 Å². The van der Waals surface area contributed by atoms with E-state index in [-0.39, 0.29) is 43.4 Å². The molecule has 2 saturated heterocycles. The molecule has 392 valence electrons. The smallest absolute Gasteiger partial charge is 0.317 e. The number of carbonyl (C=O) groups excluding carboxylic acids is 6. The number of hydrogen-bond acceptors (Lipinski definition) is 11. The van der Waals surface area contributed by atoms with Crippen LogP contribution in [-0.4, -0.2) is 161 Å². The van der Waals surface area contributed by atoms with Gasteiger partial charge in [0.2, 0.25) is 23.6 Å². The van der Waals surface area contributed by atoms with Gasteiger partial charge in [0, 0.05) is 29.9 Å². The number of aliphatic hydroxyl groups excluding tert-OH is 2. The van der Waals surface area contributed by atoms with E-state index in [0.717, 1.165) is 24.0 Å². The fraction of sp³-hybridized carbons (Fsp3) is 0.640. The molecule has 0 aliphatic carbocycles. The summed E-state index contributed by atoms with van der Waals surface area (Å²) < 4.78 is 24.0. The first kappa shape index (κ1) is 59.4. The lowest BCUT2D eigenvalue weighted by Gasteiger charge is -2.33. The average molecular weight is 1020 g/mol. The van der Waals surface area contributed by atoms with E-state index >= 15 is 0 Å². The molecule has 6 atom stereocenters. The van der Waals surface area contributed by atoms with Crippen LogP contribution >= 0.6 is 11.8 Å². The fourth-order valence-corrected chi connectivity index (χ4v) is 9.57. The minimum atomic E-state index is -3.70. The molecular weight excluding hydrogens is 937 g/mol. The summed E-state index contributed by atoms with van der Waals surface area (Å²) in [5.74, 6) is -1.52. The first-order valence-corrected chi connectivity index (χ1v) is 27.1. The Balaban J connectivity index is 0.000000371. The maximum absolute atomic E-state index is 13.0. The zero-order valence-corrected chi connectivity index (χ0v) is 44.4. The molecule has 0 spiro atoms. The second kappa shape index (κ2) is 27.6. The number of nitrogens with zero attached hydrogens (tertiary/aromatic N) is 2. The van der Waals surface area contributed by atoms with Crippen molar-refractivity contribution in [2.24, 2.45) is 11.8 Å². The molecule has 0 saturated carbocycles. The van der Waals surface area contributed by atoms with Gasteiger partial charge < -0.3 is 51.9 Å². The average Bonchev–Trinajstić information content (AvgIpc) is 3.24. The van der Waals surface area contributed by atoms with Crippen molar-refractivity contribution in [3.63, 3.8) is 0 Å². The van der Waals surface area contributed by atoms with Crippen LogP contribution in [0.3, 0.4) is 0 Å². The topological polar surface area (TPSA) is 256 Å². The van der Waals surface area contributed by atoms with E-state index in [0.29, 0.717) is 42.9 Å². The van der Waals surface area contributed by atoms with Crippen molar-refractivity contribution >= 4 is 57.3 Å². The van der Waals surface area contributed by atoms with Crippen LogP contribution in [0.2, 0.25) is 0 Å². The number of hydrogen-bond donors (Lipinski definition) is 8. The van der Waals surface area contributed by atoms with Crippen LogP contribution in [0.25, 0.3) is 0 Å². The number of sulfone groups is 1. The molecule has 2 aromatic carbocycles. The van der Waals surface area contributed by atoms with Gasteiger partial charge in [-0.3, -0.25) is 19.2 Å². The summed E-state index contributed by atoms with van der Waals surface area (Å²) in [4.78, 5) is 78.5. The quantitative estimate of drug-likeness (QED) is 0.0957. The third-order valence-corrected chi connectivity index (χ3v) is 13.7. The number of benzene rings is 2. The predicted molar refractivity (Wildman–Crippen MR) is 275 cm³/mol. The molecule has 2 heterocycles. The fourth-order valence-electron chi connectivity index (χ4n) is 7.37. The van der Waals surface area contributed by atoms with Gasteiger partial charge in [-0.2, -0.15) is 0 Å². The normalized spacial score (nSPS) is 18.7. The summed E-state index contributed by atoms with van der Waals surface area (Å²) >= 11 is 1.41. The lowest BCUT2D eigenvalue weighted by molar-refractivity contribution is -0.128. The molecule has 70 heavy (non-hydrogen) atoms. The molecule has 18 nitrogen and oxygen atoms in total. The van der Waals surface area contributed by atoms with Gasteiger partial charge in [0.25, 0.3) is 0 Å². The second-order valence-corrected chi connectivity index (χ2v) is 24.3. The third kappa shape index (κ3) is 22.9. The van der Waals surface area contributed by atoms with Crippen LogP contribution < -0.4 is 31.9 Å². The lowest BCUT2D eigenvalue weighted by Crippen LogP contribution is -2.60. The van der Waals surface area contributed by atoms with Crippen molar-refractivity contribution in [3.8, 4) is 0 Å². The Hall–Kier alpha value is -4.92. The SMILES string of the molecule is CC(C)CCN(C[C@@H](O)[C@H](Cc1ccccc1)NC(=O)C1CS(=O)(=O)CC(=O)N1)C(=O)NC(C)(C)C.CC(C)CCN(C[C@@H](O)[C@H](Cc1ccccc1)NC(=O)C1CSCC(=O)N1)C(=O)NC(C)(C)C. The highest BCUT2D eigenvalue weighted by Gasteiger charge is 2.37. The van der Waals surface area contributed by atoms with Crippen molar-refractivity contribution in [3.05, 3.63) is 71.8 Å². The van der Waals surface area contributed by atoms with E-state index in [1.54, 1.807) is 4.90 Å². The van der Waals surface area contributed by atoms with Crippen LogP contribution in [0.4, 0.5) is 9.59 Å². The van der Waals surface area contributed by atoms with Gasteiger partial charge in [0.05, 0.1) is 48.9 Å². The van der Waals surface area contributed by atoms with Gasteiger partial charge >= 0.3 is 12.1 Å². The molecular formula is C50H80N8O10S2. The molecule has 8 amide bonds. The number of aliphatic hydroxyl groups is 2. The molecule has 0 aromatic heterocycles. The zero-order valence-electron chi connectivity index (χ0n) is 42.7. The minimum Gasteiger partial charge on any atom is -0.389 e. The largest absolute Gasteiger partial charge is 0.389 e.